The number of hydrogen-bond donors (Lipinski definition) is 1. The minimum atomic E-state index is -0.110. The van der Waals surface area contributed by atoms with Gasteiger partial charge in [-0.3, -0.25) is 4.79 Å². The van der Waals surface area contributed by atoms with E-state index in [1.165, 1.54) is 12.4 Å². The van der Waals surface area contributed by atoms with Gasteiger partial charge < -0.3 is 10.6 Å². The maximum Gasteiger partial charge on any atom is 0.276 e. The molecule has 0 spiro atoms. The van der Waals surface area contributed by atoms with Crippen LogP contribution >= 0.6 is 11.8 Å². The molecule has 6 heteroatoms. The molecule has 1 saturated heterocycles. The number of anilines is 1. The van der Waals surface area contributed by atoms with Crippen LogP contribution in [0.2, 0.25) is 0 Å². The van der Waals surface area contributed by atoms with Gasteiger partial charge in [0, 0.05) is 37.0 Å². The van der Waals surface area contributed by atoms with E-state index in [4.69, 9.17) is 5.73 Å². The average molecular weight is 224 g/mol. The number of thioether (sulfide) groups is 1. The van der Waals surface area contributed by atoms with E-state index < -0.39 is 0 Å². The molecule has 1 aromatic heterocycles. The van der Waals surface area contributed by atoms with Crippen LogP contribution in [0.3, 0.4) is 0 Å². The molecule has 1 aliphatic heterocycles. The summed E-state index contributed by atoms with van der Waals surface area (Å²) in [6, 6.07) is 0. The Morgan fingerprint density at radius 2 is 2.00 bits per heavy atom. The van der Waals surface area contributed by atoms with Crippen molar-refractivity contribution in [1.29, 1.82) is 0 Å². The molecule has 2 rings (SSSR count). The average Bonchev–Trinajstić information content (AvgIpc) is 2.30. The van der Waals surface area contributed by atoms with Crippen LogP contribution in [-0.2, 0) is 0 Å². The Morgan fingerprint density at radius 3 is 2.67 bits per heavy atom. The van der Waals surface area contributed by atoms with Crippen LogP contribution in [0, 0.1) is 0 Å². The van der Waals surface area contributed by atoms with E-state index in [1.807, 2.05) is 11.8 Å². The molecule has 2 heterocycles. The van der Waals surface area contributed by atoms with Gasteiger partial charge in [0.15, 0.2) is 11.5 Å². The van der Waals surface area contributed by atoms with E-state index >= 15 is 0 Å². The topological polar surface area (TPSA) is 72.1 Å². The number of nitrogens with zero attached hydrogens (tertiary/aromatic N) is 3. The summed E-state index contributed by atoms with van der Waals surface area (Å²) in [5.74, 6) is 2.05. The molecular formula is C9H12N4OS. The summed E-state index contributed by atoms with van der Waals surface area (Å²) in [5, 5.41) is 0. The number of nitrogens with two attached hydrogens (primary N) is 1. The lowest BCUT2D eigenvalue weighted by Crippen LogP contribution is -2.38. The second-order valence-electron chi connectivity index (χ2n) is 3.19. The fourth-order valence-corrected chi connectivity index (χ4v) is 2.33. The zero-order valence-electron chi connectivity index (χ0n) is 8.22. The van der Waals surface area contributed by atoms with Crippen molar-refractivity contribution in [2.45, 2.75) is 0 Å². The Kier molecular flexibility index (Phi) is 3.05. The summed E-state index contributed by atoms with van der Waals surface area (Å²) in [4.78, 5) is 21.6. The lowest BCUT2D eigenvalue weighted by atomic mass is 10.3. The Hall–Kier alpha value is -1.30. The van der Waals surface area contributed by atoms with Crippen LogP contribution in [0.1, 0.15) is 10.5 Å². The summed E-state index contributed by atoms with van der Waals surface area (Å²) in [5.41, 5.74) is 5.87. The third-order valence-corrected chi connectivity index (χ3v) is 3.17. The Bertz CT molecular complexity index is 365. The highest BCUT2D eigenvalue weighted by Gasteiger charge is 2.21. The first-order valence-electron chi connectivity index (χ1n) is 4.72. The van der Waals surface area contributed by atoms with Crippen LogP contribution < -0.4 is 5.73 Å². The monoisotopic (exact) mass is 224 g/mol. The largest absolute Gasteiger partial charge is 0.382 e. The van der Waals surface area contributed by atoms with Gasteiger partial charge >= 0.3 is 0 Å². The molecule has 0 aromatic carbocycles. The van der Waals surface area contributed by atoms with E-state index in [0.29, 0.717) is 0 Å². The fraction of sp³-hybridized carbons (Fsp3) is 0.444. The van der Waals surface area contributed by atoms with E-state index in [1.54, 1.807) is 4.90 Å². The molecule has 80 valence electrons. The maximum atomic E-state index is 12.0. The normalized spacial score (nSPS) is 16.4. The molecule has 1 fully saturated rings. The lowest BCUT2D eigenvalue weighted by molar-refractivity contribution is 0.0767. The van der Waals surface area contributed by atoms with Gasteiger partial charge in [0.1, 0.15) is 0 Å². The van der Waals surface area contributed by atoms with Gasteiger partial charge in [0.05, 0.1) is 0 Å². The predicted molar refractivity (Wildman–Crippen MR) is 59.7 cm³/mol. The summed E-state index contributed by atoms with van der Waals surface area (Å²) in [6.45, 7) is 1.53. The van der Waals surface area contributed by atoms with E-state index in [0.717, 1.165) is 24.6 Å². The first kappa shape index (κ1) is 10.2. The number of carbonyl (C=O) groups excluding carboxylic acids is 1. The fourth-order valence-electron chi connectivity index (χ4n) is 1.43. The quantitative estimate of drug-likeness (QED) is 0.740. The van der Waals surface area contributed by atoms with Crippen molar-refractivity contribution < 1.29 is 4.79 Å². The molecular weight excluding hydrogens is 212 g/mol. The highest BCUT2D eigenvalue weighted by atomic mass is 32.2. The van der Waals surface area contributed by atoms with Crippen molar-refractivity contribution in [1.82, 2.24) is 14.9 Å². The van der Waals surface area contributed by atoms with Gasteiger partial charge in [-0.05, 0) is 0 Å². The summed E-state index contributed by atoms with van der Waals surface area (Å²) >= 11 is 1.85. The standard InChI is InChI=1S/C9H12N4OS/c10-8-7(11-1-2-12-8)9(14)13-3-5-15-6-4-13/h1-2H,3-6H2,(H2,10,12). The van der Waals surface area contributed by atoms with E-state index in [-0.39, 0.29) is 17.4 Å². The van der Waals surface area contributed by atoms with Gasteiger partial charge in [-0.2, -0.15) is 11.8 Å². The van der Waals surface area contributed by atoms with Crippen molar-refractivity contribution in [3.63, 3.8) is 0 Å². The molecule has 0 unspecified atom stereocenters. The first-order chi connectivity index (χ1) is 7.29. The molecule has 0 radical (unpaired) electrons. The zero-order valence-corrected chi connectivity index (χ0v) is 9.04. The van der Waals surface area contributed by atoms with Gasteiger partial charge in [-0.1, -0.05) is 0 Å². The minimum Gasteiger partial charge on any atom is -0.382 e. The number of carbonyl (C=O) groups is 1. The van der Waals surface area contributed by atoms with Crippen LogP contribution in [0.25, 0.3) is 0 Å². The SMILES string of the molecule is Nc1nccnc1C(=O)N1CCSCC1. The molecule has 0 atom stereocenters. The highest BCUT2D eigenvalue weighted by molar-refractivity contribution is 7.99. The van der Waals surface area contributed by atoms with Crippen LogP contribution in [-0.4, -0.2) is 45.4 Å². The van der Waals surface area contributed by atoms with Crippen molar-refractivity contribution >= 4 is 23.5 Å². The first-order valence-corrected chi connectivity index (χ1v) is 5.88. The third kappa shape index (κ3) is 2.20. The van der Waals surface area contributed by atoms with Crippen LogP contribution in [0.15, 0.2) is 12.4 Å². The van der Waals surface area contributed by atoms with Crippen molar-refractivity contribution in [3.8, 4) is 0 Å². The van der Waals surface area contributed by atoms with Gasteiger partial charge in [0.25, 0.3) is 5.91 Å². The minimum absolute atomic E-state index is 0.110. The van der Waals surface area contributed by atoms with Gasteiger partial charge in [-0.25, -0.2) is 9.97 Å². The Labute approximate surface area is 92.1 Å². The molecule has 1 aliphatic rings. The van der Waals surface area contributed by atoms with Crippen molar-refractivity contribution in [3.05, 3.63) is 18.1 Å². The molecule has 1 amide bonds. The van der Waals surface area contributed by atoms with Gasteiger partial charge in [0.2, 0.25) is 0 Å². The molecule has 1 aromatic rings. The van der Waals surface area contributed by atoms with Crippen molar-refractivity contribution in [2.75, 3.05) is 30.3 Å². The number of hydrogen-bond acceptors (Lipinski definition) is 5. The third-order valence-electron chi connectivity index (χ3n) is 2.23. The maximum absolute atomic E-state index is 12.0. The lowest BCUT2D eigenvalue weighted by Gasteiger charge is -2.26. The summed E-state index contributed by atoms with van der Waals surface area (Å²) in [7, 11) is 0. The molecule has 5 nitrogen and oxygen atoms in total. The molecule has 15 heavy (non-hydrogen) atoms. The summed E-state index contributed by atoms with van der Waals surface area (Å²) in [6.07, 6.45) is 2.97. The molecule has 0 saturated carbocycles. The van der Waals surface area contributed by atoms with Gasteiger partial charge in [-0.15, -0.1) is 0 Å². The van der Waals surface area contributed by atoms with Crippen LogP contribution in [0.4, 0.5) is 5.82 Å². The Balaban J connectivity index is 2.16. The number of nitrogen functional groups attached to an aromatic ring is 1. The number of aromatic nitrogens is 2. The number of amides is 1. The Morgan fingerprint density at radius 1 is 1.33 bits per heavy atom. The number of rotatable bonds is 1. The van der Waals surface area contributed by atoms with Crippen LogP contribution in [0.5, 0.6) is 0 Å². The zero-order chi connectivity index (χ0) is 10.7. The highest BCUT2D eigenvalue weighted by Crippen LogP contribution is 2.13. The van der Waals surface area contributed by atoms with E-state index in [9.17, 15) is 4.79 Å². The second kappa shape index (κ2) is 4.48. The molecule has 0 aliphatic carbocycles. The van der Waals surface area contributed by atoms with E-state index in [2.05, 4.69) is 9.97 Å². The predicted octanol–water partition coefficient (Wildman–Crippen LogP) is 0.248. The van der Waals surface area contributed by atoms with Crippen molar-refractivity contribution in [2.24, 2.45) is 0 Å². The molecule has 0 bridgehead atoms. The summed E-state index contributed by atoms with van der Waals surface area (Å²) < 4.78 is 0. The second-order valence-corrected chi connectivity index (χ2v) is 4.42. The smallest absolute Gasteiger partial charge is 0.276 e. The molecule has 2 N–H and O–H groups in total.